The second-order valence-electron chi connectivity index (χ2n) is 13.4. The van der Waals surface area contributed by atoms with Gasteiger partial charge < -0.3 is 39.7 Å². The van der Waals surface area contributed by atoms with E-state index >= 15 is 0 Å². The van der Waals surface area contributed by atoms with Crippen molar-refractivity contribution in [3.8, 4) is 0 Å². The molecule has 4 aliphatic carbocycles. The summed E-state index contributed by atoms with van der Waals surface area (Å²) in [6, 6.07) is 0. The number of rotatable bonds is 6. The lowest BCUT2D eigenvalue weighted by molar-refractivity contribution is -0.317. The van der Waals surface area contributed by atoms with Gasteiger partial charge in [0.1, 0.15) is 24.4 Å². The molecule has 5 rings (SSSR count). The summed E-state index contributed by atoms with van der Waals surface area (Å²) in [6.07, 6.45) is 5.19. The summed E-state index contributed by atoms with van der Waals surface area (Å²) in [5.74, 6) is 0.884. The van der Waals surface area contributed by atoms with Crippen LogP contribution in [0.3, 0.4) is 0 Å². The number of aliphatic hydroxyl groups excluding tert-OH is 4. The second-order valence-corrected chi connectivity index (χ2v) is 13.4. The van der Waals surface area contributed by atoms with Crippen molar-refractivity contribution in [2.45, 2.75) is 121 Å². The summed E-state index contributed by atoms with van der Waals surface area (Å²) < 4.78 is 16.9. The molecule has 4 saturated carbocycles. The topological polar surface area (TPSA) is 146 Å². The highest BCUT2D eigenvalue weighted by Crippen LogP contribution is 2.69. The number of carbonyl (C=O) groups excluding carboxylic acids is 1. The van der Waals surface area contributed by atoms with E-state index in [0.29, 0.717) is 18.4 Å². The molecule has 9 heteroatoms. The van der Waals surface area contributed by atoms with Crippen molar-refractivity contribution in [1.82, 2.24) is 0 Å². The Balaban J connectivity index is 1.26. The highest BCUT2D eigenvalue weighted by Gasteiger charge is 2.66. The summed E-state index contributed by atoms with van der Waals surface area (Å²) in [5, 5.41) is 52.5. The fourth-order valence-corrected chi connectivity index (χ4v) is 9.41. The standard InChI is InChI=1S/C30H48O9/c1-4-37-23(32)8-6-17-9-14-30(36)21-7-5-18-15-19(10-12-28(18,2)20(21)11-13-29(17,30)3)38-27-26(35)25(34)24(33)22(16-31)39-27/h6,8,17-22,24-27,31,33-36H,4-5,7,9-16H2,1-3H3/b8-6+/t17-,18-,19-,20-,21+,22+,24+,25-,26+,27+,28-,29+,30+/m0/s1. The van der Waals surface area contributed by atoms with Gasteiger partial charge in [0.05, 0.1) is 24.9 Å². The first-order valence-electron chi connectivity index (χ1n) is 15.0. The van der Waals surface area contributed by atoms with Crippen LogP contribution in [-0.2, 0) is 19.0 Å². The average Bonchev–Trinajstić information content (AvgIpc) is 3.18. The van der Waals surface area contributed by atoms with Gasteiger partial charge in [-0.2, -0.15) is 0 Å². The molecular weight excluding hydrogens is 504 g/mol. The minimum atomic E-state index is -1.44. The van der Waals surface area contributed by atoms with Gasteiger partial charge in [-0.25, -0.2) is 4.79 Å². The van der Waals surface area contributed by atoms with Gasteiger partial charge in [-0.15, -0.1) is 0 Å². The average molecular weight is 553 g/mol. The van der Waals surface area contributed by atoms with Gasteiger partial charge in [0.25, 0.3) is 0 Å². The molecule has 1 heterocycles. The molecule has 0 aromatic carbocycles. The Labute approximate surface area is 231 Å². The van der Waals surface area contributed by atoms with Gasteiger partial charge in [0.2, 0.25) is 0 Å². The van der Waals surface area contributed by atoms with Crippen LogP contribution in [0.4, 0.5) is 0 Å². The fraction of sp³-hybridized carbons (Fsp3) is 0.900. The Morgan fingerprint density at radius 2 is 1.74 bits per heavy atom. The Hall–Kier alpha value is -1.07. The Morgan fingerprint density at radius 1 is 0.974 bits per heavy atom. The van der Waals surface area contributed by atoms with Gasteiger partial charge in [-0.3, -0.25) is 0 Å². The Kier molecular flexibility index (Phi) is 8.27. The lowest BCUT2D eigenvalue weighted by atomic mass is 9.43. The van der Waals surface area contributed by atoms with Crippen molar-refractivity contribution in [1.29, 1.82) is 0 Å². The first-order chi connectivity index (χ1) is 18.5. The molecule has 0 spiro atoms. The predicted octanol–water partition coefficient (Wildman–Crippen LogP) is 2.06. The molecular formula is C30H48O9. The zero-order valence-electron chi connectivity index (χ0n) is 23.6. The zero-order valence-corrected chi connectivity index (χ0v) is 23.6. The molecule has 9 nitrogen and oxygen atoms in total. The number of aliphatic hydroxyl groups is 5. The molecule has 5 N–H and O–H groups in total. The van der Waals surface area contributed by atoms with E-state index in [1.807, 2.05) is 6.08 Å². The van der Waals surface area contributed by atoms with Crippen molar-refractivity contribution in [2.75, 3.05) is 13.2 Å². The number of carbonyl (C=O) groups is 1. The molecule has 0 unspecified atom stereocenters. The van der Waals surface area contributed by atoms with Crippen molar-refractivity contribution < 1.29 is 44.5 Å². The SMILES string of the molecule is CCOC(=O)/C=C/[C@H]1CC[C@@]2(O)[C@@H]3CC[C@H]4C[C@@H](O[C@@H]5O[C@H](CO)[C@@H](O)[C@H](O)[C@H]5O)CC[C@]4(C)[C@H]3CC[C@]12C. The van der Waals surface area contributed by atoms with Crippen molar-refractivity contribution in [2.24, 2.45) is 34.5 Å². The summed E-state index contributed by atoms with van der Waals surface area (Å²) in [6.45, 7) is 6.29. The normalized spacial score (nSPS) is 51.7. The fourth-order valence-electron chi connectivity index (χ4n) is 9.41. The molecule has 39 heavy (non-hydrogen) atoms. The quantitative estimate of drug-likeness (QED) is 0.190. The number of fused-ring (bicyclic) bond motifs is 5. The molecule has 0 bridgehead atoms. The molecule has 0 aromatic heterocycles. The van der Waals surface area contributed by atoms with Crippen LogP contribution in [-0.4, -0.2) is 87.1 Å². The number of esters is 1. The molecule has 5 fully saturated rings. The van der Waals surface area contributed by atoms with E-state index in [4.69, 9.17) is 14.2 Å². The Bertz CT molecular complexity index is 924. The lowest BCUT2D eigenvalue weighted by Crippen LogP contribution is -2.62. The van der Waals surface area contributed by atoms with Crippen LogP contribution < -0.4 is 0 Å². The van der Waals surface area contributed by atoms with E-state index in [1.165, 1.54) is 0 Å². The van der Waals surface area contributed by atoms with E-state index in [1.54, 1.807) is 13.0 Å². The van der Waals surface area contributed by atoms with Crippen LogP contribution in [0, 0.1) is 34.5 Å². The minimum absolute atomic E-state index is 0.0775. The summed E-state index contributed by atoms with van der Waals surface area (Å²) in [5.41, 5.74) is -0.935. The molecule has 222 valence electrons. The zero-order chi connectivity index (χ0) is 28.2. The first-order valence-corrected chi connectivity index (χ1v) is 15.0. The van der Waals surface area contributed by atoms with E-state index in [2.05, 4.69) is 13.8 Å². The van der Waals surface area contributed by atoms with Crippen LogP contribution in [0.1, 0.15) is 78.6 Å². The van der Waals surface area contributed by atoms with Crippen molar-refractivity contribution >= 4 is 5.97 Å². The van der Waals surface area contributed by atoms with E-state index in [0.717, 1.165) is 57.8 Å². The first kappa shape index (κ1) is 29.4. The van der Waals surface area contributed by atoms with E-state index in [-0.39, 0.29) is 34.7 Å². The molecule has 1 saturated heterocycles. The maximum Gasteiger partial charge on any atom is 0.330 e. The van der Waals surface area contributed by atoms with Crippen LogP contribution in [0.25, 0.3) is 0 Å². The number of allylic oxidation sites excluding steroid dienone is 1. The molecule has 0 aromatic rings. The maximum absolute atomic E-state index is 12.3. The third-order valence-corrected chi connectivity index (χ3v) is 11.8. The van der Waals surface area contributed by atoms with Crippen LogP contribution in [0.5, 0.6) is 0 Å². The van der Waals surface area contributed by atoms with Gasteiger partial charge in [-0.1, -0.05) is 19.9 Å². The second kappa shape index (κ2) is 11.0. The van der Waals surface area contributed by atoms with Crippen molar-refractivity contribution in [3.63, 3.8) is 0 Å². The lowest BCUT2D eigenvalue weighted by Gasteiger charge is -2.63. The largest absolute Gasteiger partial charge is 0.463 e. The van der Waals surface area contributed by atoms with Crippen LogP contribution >= 0.6 is 0 Å². The number of hydrogen-bond acceptors (Lipinski definition) is 9. The molecule has 5 aliphatic rings. The highest BCUT2D eigenvalue weighted by molar-refractivity contribution is 5.81. The van der Waals surface area contributed by atoms with E-state index < -0.39 is 42.9 Å². The third kappa shape index (κ3) is 4.80. The molecule has 13 atom stereocenters. The summed E-state index contributed by atoms with van der Waals surface area (Å²) in [7, 11) is 0. The monoisotopic (exact) mass is 552 g/mol. The van der Waals surface area contributed by atoms with Gasteiger partial charge in [0.15, 0.2) is 6.29 Å². The van der Waals surface area contributed by atoms with Crippen molar-refractivity contribution in [3.05, 3.63) is 12.2 Å². The predicted molar refractivity (Wildman–Crippen MR) is 141 cm³/mol. The third-order valence-electron chi connectivity index (χ3n) is 11.8. The van der Waals surface area contributed by atoms with Gasteiger partial charge >= 0.3 is 5.97 Å². The van der Waals surface area contributed by atoms with Gasteiger partial charge in [-0.05, 0) is 93.8 Å². The number of hydrogen-bond donors (Lipinski definition) is 5. The molecule has 0 amide bonds. The number of ether oxygens (including phenoxy) is 3. The van der Waals surface area contributed by atoms with Gasteiger partial charge in [0, 0.05) is 11.5 Å². The highest BCUT2D eigenvalue weighted by atomic mass is 16.7. The smallest absolute Gasteiger partial charge is 0.330 e. The summed E-state index contributed by atoms with van der Waals surface area (Å²) in [4.78, 5) is 12.0. The van der Waals surface area contributed by atoms with Crippen LogP contribution in [0.2, 0.25) is 0 Å². The molecule has 1 aliphatic heterocycles. The minimum Gasteiger partial charge on any atom is -0.463 e. The summed E-state index contributed by atoms with van der Waals surface area (Å²) >= 11 is 0. The maximum atomic E-state index is 12.3. The molecule has 0 radical (unpaired) electrons. The van der Waals surface area contributed by atoms with E-state index in [9.17, 15) is 30.3 Å². The Morgan fingerprint density at radius 3 is 2.46 bits per heavy atom. The van der Waals surface area contributed by atoms with Crippen LogP contribution in [0.15, 0.2) is 12.2 Å².